The number of piperidine rings is 1. The number of hydrogen-bond acceptors (Lipinski definition) is 3. The summed E-state index contributed by atoms with van der Waals surface area (Å²) in [6.45, 7) is 6.49. The Balaban J connectivity index is 1.64. The third-order valence-corrected chi connectivity index (χ3v) is 5.38. The summed E-state index contributed by atoms with van der Waals surface area (Å²) in [7, 11) is 1.70. The maximum absolute atomic E-state index is 11.6. The zero-order chi connectivity index (χ0) is 17.8. The van der Waals surface area contributed by atoms with Gasteiger partial charge in [0.1, 0.15) is 5.75 Å². The van der Waals surface area contributed by atoms with Crippen LogP contribution in [0.2, 0.25) is 0 Å². The molecule has 134 valence electrons. The number of carbonyl (C=O) groups is 1. The van der Waals surface area contributed by atoms with E-state index in [2.05, 4.69) is 42.6 Å². The normalized spacial score (nSPS) is 20.7. The van der Waals surface area contributed by atoms with E-state index in [9.17, 15) is 4.79 Å². The Bertz CT molecular complexity index is 744. The number of hydrogen-bond donors (Lipinski definition) is 1. The van der Waals surface area contributed by atoms with Gasteiger partial charge in [-0.15, -0.1) is 0 Å². The van der Waals surface area contributed by atoms with E-state index in [0.29, 0.717) is 12.0 Å². The Morgan fingerprint density at radius 3 is 2.72 bits per heavy atom. The van der Waals surface area contributed by atoms with Crippen LogP contribution in [0.3, 0.4) is 0 Å². The van der Waals surface area contributed by atoms with Gasteiger partial charge in [-0.05, 0) is 46.9 Å². The number of nitrogens with zero attached hydrogens (tertiary/aromatic N) is 1. The van der Waals surface area contributed by atoms with Crippen molar-refractivity contribution >= 4 is 16.7 Å². The second kappa shape index (κ2) is 7.87. The maximum Gasteiger partial charge on any atom is 0.219 e. The monoisotopic (exact) mass is 340 g/mol. The van der Waals surface area contributed by atoms with Crippen molar-refractivity contribution in [2.24, 2.45) is 5.92 Å². The van der Waals surface area contributed by atoms with Crippen LogP contribution in [0.1, 0.15) is 32.3 Å². The molecular weight excluding hydrogens is 312 g/mol. The molecule has 1 amide bonds. The van der Waals surface area contributed by atoms with Crippen molar-refractivity contribution < 1.29 is 9.53 Å². The molecule has 0 unspecified atom stereocenters. The van der Waals surface area contributed by atoms with Crippen molar-refractivity contribution in [1.82, 2.24) is 10.2 Å². The molecule has 0 saturated carbocycles. The molecule has 0 aliphatic carbocycles. The fraction of sp³-hybridized carbons (Fsp3) is 0.476. The van der Waals surface area contributed by atoms with Crippen molar-refractivity contribution in [2.75, 3.05) is 20.2 Å². The summed E-state index contributed by atoms with van der Waals surface area (Å²) in [6, 6.07) is 13.2. The SMILES string of the molecule is CC[C@H]1CN(C(C)=O)CC[C@@H]1NCc1ccc2cc(OC)ccc2c1. The zero-order valence-corrected chi connectivity index (χ0v) is 15.4. The number of amides is 1. The van der Waals surface area contributed by atoms with Crippen molar-refractivity contribution in [3.05, 3.63) is 42.0 Å². The second-order valence-electron chi connectivity index (χ2n) is 6.96. The van der Waals surface area contributed by atoms with Gasteiger partial charge in [0.05, 0.1) is 7.11 Å². The number of ether oxygens (including phenoxy) is 1. The van der Waals surface area contributed by atoms with Gasteiger partial charge in [-0.1, -0.05) is 31.5 Å². The zero-order valence-electron chi connectivity index (χ0n) is 15.4. The Labute approximate surface area is 150 Å². The second-order valence-corrected chi connectivity index (χ2v) is 6.96. The lowest BCUT2D eigenvalue weighted by Crippen LogP contribution is -2.50. The van der Waals surface area contributed by atoms with Crippen LogP contribution in [0, 0.1) is 5.92 Å². The first kappa shape index (κ1) is 17.7. The van der Waals surface area contributed by atoms with Crippen LogP contribution in [0.5, 0.6) is 5.75 Å². The third kappa shape index (κ3) is 4.13. The first-order valence-electron chi connectivity index (χ1n) is 9.16. The summed E-state index contributed by atoms with van der Waals surface area (Å²) in [5.74, 6) is 1.62. The summed E-state index contributed by atoms with van der Waals surface area (Å²) < 4.78 is 5.29. The molecule has 2 aromatic carbocycles. The number of benzene rings is 2. The molecule has 2 aromatic rings. The Morgan fingerprint density at radius 2 is 2.00 bits per heavy atom. The molecule has 0 bridgehead atoms. The number of rotatable bonds is 5. The quantitative estimate of drug-likeness (QED) is 0.904. The molecule has 3 rings (SSSR count). The van der Waals surface area contributed by atoms with E-state index in [-0.39, 0.29) is 5.91 Å². The highest BCUT2D eigenvalue weighted by atomic mass is 16.5. The molecule has 1 aliphatic heterocycles. The first-order chi connectivity index (χ1) is 12.1. The molecule has 2 atom stereocenters. The molecule has 1 fully saturated rings. The van der Waals surface area contributed by atoms with E-state index in [1.165, 1.54) is 16.3 Å². The Kier molecular flexibility index (Phi) is 5.59. The van der Waals surface area contributed by atoms with Crippen molar-refractivity contribution in [2.45, 2.75) is 39.3 Å². The number of carbonyl (C=O) groups excluding carboxylic acids is 1. The summed E-state index contributed by atoms with van der Waals surface area (Å²) in [5.41, 5.74) is 1.29. The standard InChI is InChI=1S/C21H28N2O2/c1-4-17-14-23(15(2)24)10-9-21(17)22-13-16-5-6-19-12-20(25-3)8-7-18(19)11-16/h5-8,11-12,17,21-22H,4,9-10,13-14H2,1-3H3/t17-,21-/m0/s1. The van der Waals surface area contributed by atoms with Crippen LogP contribution >= 0.6 is 0 Å². The van der Waals surface area contributed by atoms with Gasteiger partial charge < -0.3 is 15.0 Å². The summed E-state index contributed by atoms with van der Waals surface area (Å²) in [4.78, 5) is 13.6. The topological polar surface area (TPSA) is 41.6 Å². The van der Waals surface area contributed by atoms with Gasteiger partial charge in [-0.25, -0.2) is 0 Å². The highest BCUT2D eigenvalue weighted by Crippen LogP contribution is 2.23. The van der Waals surface area contributed by atoms with Crippen molar-refractivity contribution in [3.8, 4) is 5.75 Å². The average Bonchev–Trinajstić information content (AvgIpc) is 2.65. The van der Waals surface area contributed by atoms with E-state index < -0.39 is 0 Å². The van der Waals surface area contributed by atoms with Gasteiger partial charge >= 0.3 is 0 Å². The van der Waals surface area contributed by atoms with Gasteiger partial charge in [0, 0.05) is 32.6 Å². The molecule has 0 radical (unpaired) electrons. The van der Waals surface area contributed by atoms with Gasteiger partial charge in [-0.3, -0.25) is 4.79 Å². The highest BCUT2D eigenvalue weighted by molar-refractivity contribution is 5.84. The minimum absolute atomic E-state index is 0.196. The minimum Gasteiger partial charge on any atom is -0.497 e. The van der Waals surface area contributed by atoms with Gasteiger partial charge in [-0.2, -0.15) is 0 Å². The molecule has 0 aromatic heterocycles. The number of methoxy groups -OCH3 is 1. The maximum atomic E-state index is 11.6. The van der Waals surface area contributed by atoms with Gasteiger partial charge in [0.25, 0.3) is 0 Å². The molecule has 1 saturated heterocycles. The lowest BCUT2D eigenvalue weighted by molar-refractivity contribution is -0.131. The van der Waals surface area contributed by atoms with Crippen LogP contribution in [-0.4, -0.2) is 37.0 Å². The van der Waals surface area contributed by atoms with Crippen LogP contribution < -0.4 is 10.1 Å². The van der Waals surface area contributed by atoms with Crippen LogP contribution in [0.25, 0.3) is 10.8 Å². The molecule has 4 heteroatoms. The largest absolute Gasteiger partial charge is 0.497 e. The minimum atomic E-state index is 0.196. The van der Waals surface area contributed by atoms with E-state index in [0.717, 1.165) is 38.2 Å². The van der Waals surface area contributed by atoms with Crippen molar-refractivity contribution in [3.63, 3.8) is 0 Å². The number of fused-ring (bicyclic) bond motifs is 1. The van der Waals surface area contributed by atoms with E-state index >= 15 is 0 Å². The average molecular weight is 340 g/mol. The Hall–Kier alpha value is -2.07. The third-order valence-electron chi connectivity index (χ3n) is 5.38. The Morgan fingerprint density at radius 1 is 1.24 bits per heavy atom. The molecule has 4 nitrogen and oxygen atoms in total. The molecule has 1 heterocycles. The summed E-state index contributed by atoms with van der Waals surface area (Å²) >= 11 is 0. The molecule has 0 spiro atoms. The summed E-state index contributed by atoms with van der Waals surface area (Å²) in [5, 5.41) is 6.16. The lowest BCUT2D eigenvalue weighted by Gasteiger charge is -2.38. The van der Waals surface area contributed by atoms with E-state index in [1.54, 1.807) is 14.0 Å². The number of nitrogens with one attached hydrogen (secondary N) is 1. The predicted molar refractivity (Wildman–Crippen MR) is 102 cm³/mol. The molecule has 25 heavy (non-hydrogen) atoms. The van der Waals surface area contributed by atoms with Gasteiger partial charge in [0.2, 0.25) is 5.91 Å². The summed E-state index contributed by atoms with van der Waals surface area (Å²) in [6.07, 6.45) is 2.13. The highest BCUT2D eigenvalue weighted by Gasteiger charge is 2.28. The van der Waals surface area contributed by atoms with Crippen LogP contribution in [-0.2, 0) is 11.3 Å². The molecular formula is C21H28N2O2. The lowest BCUT2D eigenvalue weighted by atomic mass is 9.89. The fourth-order valence-corrected chi connectivity index (χ4v) is 3.76. The van der Waals surface area contributed by atoms with E-state index in [4.69, 9.17) is 4.74 Å². The molecule has 1 N–H and O–H groups in total. The van der Waals surface area contributed by atoms with E-state index in [1.807, 2.05) is 11.0 Å². The fourth-order valence-electron chi connectivity index (χ4n) is 3.76. The van der Waals surface area contributed by atoms with Crippen LogP contribution in [0.15, 0.2) is 36.4 Å². The first-order valence-corrected chi connectivity index (χ1v) is 9.16. The molecule has 1 aliphatic rings. The van der Waals surface area contributed by atoms with Crippen molar-refractivity contribution in [1.29, 1.82) is 0 Å². The smallest absolute Gasteiger partial charge is 0.219 e. The van der Waals surface area contributed by atoms with Crippen LogP contribution in [0.4, 0.5) is 0 Å². The van der Waals surface area contributed by atoms with Gasteiger partial charge in [0.15, 0.2) is 0 Å². The predicted octanol–water partition coefficient (Wildman–Crippen LogP) is 3.59. The number of likely N-dealkylation sites (tertiary alicyclic amines) is 1.